The first-order valence-electron chi connectivity index (χ1n) is 10.0. The second-order valence-corrected chi connectivity index (χ2v) is 9.17. The van der Waals surface area contributed by atoms with E-state index in [2.05, 4.69) is 27.6 Å². The van der Waals surface area contributed by atoms with Crippen molar-refractivity contribution in [2.45, 2.75) is 18.8 Å². The molecule has 4 heterocycles. The molecule has 2 N–H and O–H groups in total. The highest BCUT2D eigenvalue weighted by Gasteiger charge is 2.67. The zero-order chi connectivity index (χ0) is 20.6. The molecule has 2 unspecified atom stereocenters. The molecule has 2 atom stereocenters. The highest BCUT2D eigenvalue weighted by molar-refractivity contribution is 7.12. The number of hydrogen-bond acceptors (Lipinski definition) is 5. The predicted octanol–water partition coefficient (Wildman–Crippen LogP) is 3.87. The maximum Gasteiger partial charge on any atom is 0.250 e. The Morgan fingerprint density at radius 2 is 2.33 bits per heavy atom. The Labute approximate surface area is 177 Å². The molecule has 0 bridgehead atoms. The van der Waals surface area contributed by atoms with Gasteiger partial charge in [0.15, 0.2) is 5.78 Å². The third-order valence-corrected chi connectivity index (χ3v) is 7.80. The van der Waals surface area contributed by atoms with E-state index in [0.29, 0.717) is 12.5 Å². The van der Waals surface area contributed by atoms with E-state index < -0.39 is 0 Å². The highest BCUT2D eigenvalue weighted by Crippen LogP contribution is 2.67. The quantitative estimate of drug-likeness (QED) is 0.636. The number of H-pyrrole nitrogens is 1. The lowest BCUT2D eigenvalue weighted by Gasteiger charge is -2.27. The number of thiophene rings is 1. The second-order valence-electron chi connectivity index (χ2n) is 8.29. The van der Waals surface area contributed by atoms with Crippen molar-refractivity contribution in [1.29, 1.82) is 0 Å². The fourth-order valence-electron chi connectivity index (χ4n) is 5.19. The van der Waals surface area contributed by atoms with Gasteiger partial charge in [0.05, 0.1) is 16.8 Å². The van der Waals surface area contributed by atoms with Gasteiger partial charge in [-0.3, -0.25) is 9.59 Å². The summed E-state index contributed by atoms with van der Waals surface area (Å²) in [6.45, 7) is 2.75. The summed E-state index contributed by atoms with van der Waals surface area (Å²) in [5, 5.41) is 6.11. The van der Waals surface area contributed by atoms with Gasteiger partial charge in [-0.05, 0) is 47.9 Å². The number of nitrogens with zero attached hydrogens (tertiary/aromatic N) is 2. The van der Waals surface area contributed by atoms with E-state index in [0.717, 1.165) is 39.3 Å². The number of likely N-dealkylation sites (tertiary alicyclic amines) is 1. The van der Waals surface area contributed by atoms with Gasteiger partial charge in [0, 0.05) is 54.0 Å². The average molecular weight is 417 g/mol. The van der Waals surface area contributed by atoms with Gasteiger partial charge in [0.25, 0.3) is 5.91 Å². The molecule has 1 aliphatic heterocycles. The number of aromatic nitrogens is 2. The fraction of sp³-hybridized carbons (Fsp3) is 0.261. The van der Waals surface area contributed by atoms with Crippen LogP contribution in [-0.2, 0) is 10.2 Å². The van der Waals surface area contributed by atoms with E-state index in [4.69, 9.17) is 0 Å². The Balaban J connectivity index is 1.32. The Hall–Kier alpha value is -3.19. The van der Waals surface area contributed by atoms with Crippen LogP contribution >= 0.6 is 11.3 Å². The number of pyridine rings is 1. The Bertz CT molecular complexity index is 1310. The number of amides is 1. The van der Waals surface area contributed by atoms with Crippen molar-refractivity contribution in [2.75, 3.05) is 18.9 Å². The summed E-state index contributed by atoms with van der Waals surface area (Å²) in [4.78, 5) is 36.0. The van der Waals surface area contributed by atoms with Crippen LogP contribution in [0.5, 0.6) is 0 Å². The SMILES string of the molecule is CNc1cnc2[nH]cc(/C=C/C(=O)N3CC4CC45C3=CC(=O)c3scc(C)c35)c2c1. The predicted molar refractivity (Wildman–Crippen MR) is 118 cm³/mol. The topological polar surface area (TPSA) is 78.1 Å². The van der Waals surface area contributed by atoms with Crippen LogP contribution < -0.4 is 5.32 Å². The molecular formula is C23H20N4O2S. The Morgan fingerprint density at radius 3 is 3.17 bits per heavy atom. The summed E-state index contributed by atoms with van der Waals surface area (Å²) < 4.78 is 0. The number of ketones is 1. The number of nitrogens with one attached hydrogen (secondary N) is 2. The lowest BCUT2D eigenvalue weighted by atomic mass is 9.84. The number of piperidine rings is 1. The summed E-state index contributed by atoms with van der Waals surface area (Å²) in [6.07, 6.45) is 9.78. The summed E-state index contributed by atoms with van der Waals surface area (Å²) in [7, 11) is 1.85. The largest absolute Gasteiger partial charge is 0.387 e. The van der Waals surface area contributed by atoms with Crippen molar-refractivity contribution in [3.8, 4) is 0 Å². The number of rotatable bonds is 3. The molecule has 150 valence electrons. The van der Waals surface area contributed by atoms with Gasteiger partial charge in [-0.15, -0.1) is 11.3 Å². The van der Waals surface area contributed by atoms with E-state index >= 15 is 0 Å². The van der Waals surface area contributed by atoms with Crippen LogP contribution in [0.4, 0.5) is 5.69 Å². The van der Waals surface area contributed by atoms with Gasteiger partial charge in [0.2, 0.25) is 0 Å². The smallest absolute Gasteiger partial charge is 0.250 e. The molecule has 0 aromatic carbocycles. The standard InChI is InChI=1S/C23H20N4O2S/c1-12-11-30-21-17(28)6-18-23(20(12)21)7-14(23)10-27(18)19(29)4-3-13-8-25-22-16(13)5-15(24-2)9-26-22/h3-6,8-9,11,14,24H,7,10H2,1-2H3,(H,25,26)/b4-3+. The van der Waals surface area contributed by atoms with Crippen LogP contribution in [0, 0.1) is 12.8 Å². The molecule has 1 saturated carbocycles. The lowest BCUT2D eigenvalue weighted by Crippen LogP contribution is -2.32. The maximum atomic E-state index is 13.1. The van der Waals surface area contributed by atoms with E-state index in [-0.39, 0.29) is 17.1 Å². The van der Waals surface area contributed by atoms with Crippen molar-refractivity contribution < 1.29 is 9.59 Å². The van der Waals surface area contributed by atoms with Crippen LogP contribution in [0.25, 0.3) is 17.1 Å². The third kappa shape index (κ3) is 2.21. The van der Waals surface area contributed by atoms with E-state index in [1.165, 1.54) is 22.5 Å². The third-order valence-electron chi connectivity index (χ3n) is 6.69. The molecule has 1 saturated heterocycles. The summed E-state index contributed by atoms with van der Waals surface area (Å²) in [5.74, 6) is 0.362. The zero-order valence-electron chi connectivity index (χ0n) is 16.7. The number of carbonyl (C=O) groups is 2. The Kier molecular flexibility index (Phi) is 3.48. The maximum absolute atomic E-state index is 13.1. The molecule has 6 rings (SSSR count). The number of carbonyl (C=O) groups excluding carboxylic acids is 2. The van der Waals surface area contributed by atoms with Gasteiger partial charge in [-0.2, -0.15) is 0 Å². The van der Waals surface area contributed by atoms with Crippen molar-refractivity contribution in [2.24, 2.45) is 5.92 Å². The number of aryl methyl sites for hydroxylation is 1. The number of allylic oxidation sites excluding steroid dienone is 2. The van der Waals surface area contributed by atoms with Gasteiger partial charge in [-0.1, -0.05) is 0 Å². The van der Waals surface area contributed by atoms with Crippen LogP contribution in [0.2, 0.25) is 0 Å². The van der Waals surface area contributed by atoms with Crippen LogP contribution in [0.3, 0.4) is 0 Å². The molecule has 7 heteroatoms. The van der Waals surface area contributed by atoms with Crippen LogP contribution in [0.15, 0.2) is 41.7 Å². The minimum absolute atomic E-state index is 0.0281. The van der Waals surface area contributed by atoms with E-state index in [1.807, 2.05) is 25.4 Å². The van der Waals surface area contributed by atoms with Gasteiger partial charge in [0.1, 0.15) is 5.65 Å². The minimum Gasteiger partial charge on any atom is -0.387 e. The molecule has 2 aliphatic carbocycles. The highest BCUT2D eigenvalue weighted by atomic mass is 32.1. The molecule has 3 aromatic rings. The fourth-order valence-corrected chi connectivity index (χ4v) is 6.24. The first-order chi connectivity index (χ1) is 14.5. The van der Waals surface area contributed by atoms with Crippen molar-refractivity contribution in [3.05, 3.63) is 63.3 Å². The molecule has 1 amide bonds. The molecule has 2 fully saturated rings. The second kappa shape index (κ2) is 5.92. The molecule has 3 aromatic heterocycles. The molecule has 1 spiro atoms. The van der Waals surface area contributed by atoms with Crippen LogP contribution in [0.1, 0.15) is 32.8 Å². The van der Waals surface area contributed by atoms with E-state index in [9.17, 15) is 9.59 Å². The van der Waals surface area contributed by atoms with Gasteiger partial charge < -0.3 is 15.2 Å². The van der Waals surface area contributed by atoms with Gasteiger partial charge in [-0.25, -0.2) is 4.98 Å². The Morgan fingerprint density at radius 1 is 1.47 bits per heavy atom. The van der Waals surface area contributed by atoms with E-state index in [1.54, 1.807) is 23.2 Å². The van der Waals surface area contributed by atoms with Crippen molar-refractivity contribution >= 4 is 45.8 Å². The summed E-state index contributed by atoms with van der Waals surface area (Å²) >= 11 is 1.53. The van der Waals surface area contributed by atoms with Gasteiger partial charge >= 0.3 is 0 Å². The average Bonchev–Trinajstić information content (AvgIpc) is 3.05. The summed E-state index contributed by atoms with van der Waals surface area (Å²) in [5.41, 5.74) is 5.71. The van der Waals surface area contributed by atoms with Crippen molar-refractivity contribution in [1.82, 2.24) is 14.9 Å². The first-order valence-corrected chi connectivity index (χ1v) is 10.9. The number of anilines is 1. The minimum atomic E-state index is -0.122. The molecule has 0 radical (unpaired) electrons. The first kappa shape index (κ1) is 17.7. The number of hydrogen-bond donors (Lipinski definition) is 2. The number of fused-ring (bicyclic) bond motifs is 2. The molecule has 3 aliphatic rings. The number of aromatic amines is 1. The molecule has 6 nitrogen and oxygen atoms in total. The lowest BCUT2D eigenvalue weighted by molar-refractivity contribution is -0.123. The zero-order valence-corrected chi connectivity index (χ0v) is 17.5. The summed E-state index contributed by atoms with van der Waals surface area (Å²) in [6, 6.07) is 2.01. The monoisotopic (exact) mass is 416 g/mol. The normalized spacial score (nSPS) is 24.1. The van der Waals surface area contributed by atoms with Crippen molar-refractivity contribution in [3.63, 3.8) is 0 Å². The molecular weight excluding hydrogens is 396 g/mol. The van der Waals surface area contributed by atoms with Crippen LogP contribution in [-0.4, -0.2) is 40.2 Å². The molecule has 30 heavy (non-hydrogen) atoms.